The monoisotopic (exact) mass is 373 g/mol. The summed E-state index contributed by atoms with van der Waals surface area (Å²) < 4.78 is 10.7. The van der Waals surface area contributed by atoms with Gasteiger partial charge in [-0.1, -0.05) is 12.1 Å². The van der Waals surface area contributed by atoms with Crippen molar-refractivity contribution >= 4 is 17.3 Å². The summed E-state index contributed by atoms with van der Waals surface area (Å²) in [6.45, 7) is 3.61. The Labute approximate surface area is 160 Å². The predicted octanol–water partition coefficient (Wildman–Crippen LogP) is 3.26. The lowest BCUT2D eigenvalue weighted by atomic mass is 10.0. The van der Waals surface area contributed by atoms with Gasteiger partial charge in [0.05, 0.1) is 19.9 Å². The van der Waals surface area contributed by atoms with E-state index in [2.05, 4.69) is 34.3 Å². The van der Waals surface area contributed by atoms with Crippen molar-refractivity contribution < 1.29 is 9.15 Å². The van der Waals surface area contributed by atoms with E-state index in [1.54, 1.807) is 13.4 Å². The lowest BCUT2D eigenvalue weighted by Gasteiger charge is -2.39. The molecule has 1 N–H and O–H groups in total. The fraction of sp³-hybridized carbons (Fsp3) is 0.450. The summed E-state index contributed by atoms with van der Waals surface area (Å²) in [5.41, 5.74) is 1.23. The molecular weight excluding hydrogens is 346 g/mol. The summed E-state index contributed by atoms with van der Waals surface area (Å²) in [5.74, 6) is 1.76. The quantitative estimate of drug-likeness (QED) is 0.784. The fourth-order valence-corrected chi connectivity index (χ4v) is 3.56. The number of furan rings is 1. The third-order valence-electron chi connectivity index (χ3n) is 4.90. The molecule has 0 spiro atoms. The van der Waals surface area contributed by atoms with Crippen molar-refractivity contribution in [2.24, 2.45) is 0 Å². The minimum Gasteiger partial charge on any atom is -0.497 e. The first kappa shape index (κ1) is 18.7. The van der Waals surface area contributed by atoms with E-state index in [9.17, 15) is 0 Å². The van der Waals surface area contributed by atoms with E-state index < -0.39 is 0 Å². The molecule has 0 radical (unpaired) electrons. The van der Waals surface area contributed by atoms with Crippen LogP contribution in [-0.2, 0) is 13.1 Å². The fourth-order valence-electron chi connectivity index (χ4n) is 3.28. The van der Waals surface area contributed by atoms with Crippen LogP contribution < -0.4 is 10.1 Å². The zero-order valence-corrected chi connectivity index (χ0v) is 16.3. The normalized spacial score (nSPS) is 15.6. The molecule has 1 aliphatic rings. The van der Waals surface area contributed by atoms with Crippen LogP contribution in [0.3, 0.4) is 0 Å². The molecule has 26 heavy (non-hydrogen) atoms. The van der Waals surface area contributed by atoms with Crippen molar-refractivity contribution in [3.63, 3.8) is 0 Å². The summed E-state index contributed by atoms with van der Waals surface area (Å²) in [6, 6.07) is 12.5. The second-order valence-electron chi connectivity index (χ2n) is 6.75. The summed E-state index contributed by atoms with van der Waals surface area (Å²) >= 11 is 5.74. The molecule has 1 saturated heterocycles. The largest absolute Gasteiger partial charge is 0.497 e. The standard InChI is InChI=1S/C20H27N3O2S/c1-22-11-9-17(10-12-22)23(15-16-5-7-18(24-2)8-6-16)20(26)21-14-19-4-3-13-25-19/h3-8,13,17H,9-12,14-15H2,1-2H3,(H,21,26). The highest BCUT2D eigenvalue weighted by Gasteiger charge is 2.25. The van der Waals surface area contributed by atoms with E-state index >= 15 is 0 Å². The number of nitrogens with one attached hydrogen (secondary N) is 1. The Morgan fingerprint density at radius 1 is 1.27 bits per heavy atom. The highest BCUT2D eigenvalue weighted by Crippen LogP contribution is 2.20. The van der Waals surface area contributed by atoms with Gasteiger partial charge in [-0.25, -0.2) is 0 Å². The van der Waals surface area contributed by atoms with Gasteiger partial charge >= 0.3 is 0 Å². The van der Waals surface area contributed by atoms with Gasteiger partial charge < -0.3 is 24.3 Å². The van der Waals surface area contributed by atoms with Crippen molar-refractivity contribution in [3.8, 4) is 5.75 Å². The molecule has 0 bridgehead atoms. The number of thiocarbonyl (C=S) groups is 1. The Balaban J connectivity index is 1.68. The van der Waals surface area contributed by atoms with Crippen molar-refractivity contribution in [1.82, 2.24) is 15.1 Å². The summed E-state index contributed by atoms with van der Waals surface area (Å²) in [7, 11) is 3.87. The topological polar surface area (TPSA) is 40.9 Å². The van der Waals surface area contributed by atoms with E-state index in [0.29, 0.717) is 12.6 Å². The first-order valence-electron chi connectivity index (χ1n) is 9.04. The molecule has 1 aromatic carbocycles. The molecule has 2 heterocycles. The van der Waals surface area contributed by atoms with Gasteiger partial charge in [-0.2, -0.15) is 0 Å². The SMILES string of the molecule is COc1ccc(CN(C(=S)NCc2ccco2)C2CCN(C)CC2)cc1. The van der Waals surface area contributed by atoms with Crippen molar-refractivity contribution in [2.45, 2.75) is 32.0 Å². The van der Waals surface area contributed by atoms with Gasteiger partial charge in [0.15, 0.2) is 5.11 Å². The second kappa shape index (κ2) is 9.05. The zero-order valence-electron chi connectivity index (χ0n) is 15.5. The lowest BCUT2D eigenvalue weighted by molar-refractivity contribution is 0.170. The first-order valence-corrected chi connectivity index (χ1v) is 9.45. The Kier molecular flexibility index (Phi) is 6.52. The van der Waals surface area contributed by atoms with E-state index in [1.807, 2.05) is 24.3 Å². The van der Waals surface area contributed by atoms with Crippen molar-refractivity contribution in [3.05, 3.63) is 54.0 Å². The maximum atomic E-state index is 5.74. The highest BCUT2D eigenvalue weighted by molar-refractivity contribution is 7.80. The molecular formula is C20H27N3O2S. The van der Waals surface area contributed by atoms with E-state index in [-0.39, 0.29) is 0 Å². The van der Waals surface area contributed by atoms with Crippen LogP contribution in [0.2, 0.25) is 0 Å². The minimum atomic E-state index is 0.449. The van der Waals surface area contributed by atoms with Gasteiger partial charge in [0, 0.05) is 12.6 Å². The average molecular weight is 374 g/mol. The number of likely N-dealkylation sites (tertiary alicyclic amines) is 1. The number of ether oxygens (including phenoxy) is 1. The smallest absolute Gasteiger partial charge is 0.169 e. The number of benzene rings is 1. The number of hydrogen-bond donors (Lipinski definition) is 1. The van der Waals surface area contributed by atoms with Crippen LogP contribution in [0.15, 0.2) is 47.1 Å². The van der Waals surface area contributed by atoms with Gasteiger partial charge in [0.25, 0.3) is 0 Å². The summed E-state index contributed by atoms with van der Waals surface area (Å²) in [6.07, 6.45) is 3.93. The van der Waals surface area contributed by atoms with Crippen molar-refractivity contribution in [1.29, 1.82) is 0 Å². The number of piperidine rings is 1. The predicted molar refractivity (Wildman–Crippen MR) is 107 cm³/mol. The number of methoxy groups -OCH3 is 1. The summed E-state index contributed by atoms with van der Waals surface area (Å²) in [5, 5.41) is 4.15. The van der Waals surface area contributed by atoms with Crippen LogP contribution in [0.4, 0.5) is 0 Å². The van der Waals surface area contributed by atoms with Gasteiger partial charge in [0.2, 0.25) is 0 Å². The molecule has 3 rings (SSSR count). The minimum absolute atomic E-state index is 0.449. The molecule has 5 nitrogen and oxygen atoms in total. The van der Waals surface area contributed by atoms with Gasteiger partial charge in [-0.3, -0.25) is 0 Å². The van der Waals surface area contributed by atoms with Crippen LogP contribution >= 0.6 is 12.2 Å². The first-order chi connectivity index (χ1) is 12.7. The summed E-state index contributed by atoms with van der Waals surface area (Å²) in [4.78, 5) is 4.70. The number of rotatable bonds is 6. The molecule has 140 valence electrons. The Bertz CT molecular complexity index is 680. The van der Waals surface area contributed by atoms with E-state index in [0.717, 1.165) is 49.1 Å². The molecule has 2 aromatic rings. The van der Waals surface area contributed by atoms with Gasteiger partial charge in [0.1, 0.15) is 11.5 Å². The van der Waals surface area contributed by atoms with E-state index in [1.165, 1.54) is 5.56 Å². The average Bonchev–Trinajstić information content (AvgIpc) is 3.19. The highest BCUT2D eigenvalue weighted by atomic mass is 32.1. The molecule has 0 unspecified atom stereocenters. The molecule has 1 fully saturated rings. The van der Waals surface area contributed by atoms with Crippen LogP contribution in [0.1, 0.15) is 24.2 Å². The van der Waals surface area contributed by atoms with Crippen LogP contribution in [-0.4, -0.2) is 48.2 Å². The Hall–Kier alpha value is -2.05. The number of hydrogen-bond acceptors (Lipinski definition) is 4. The molecule has 0 aliphatic carbocycles. The molecule has 0 atom stereocenters. The molecule has 1 aromatic heterocycles. The number of nitrogens with zero attached hydrogens (tertiary/aromatic N) is 2. The van der Waals surface area contributed by atoms with Gasteiger partial charge in [-0.05, 0) is 75.0 Å². The van der Waals surface area contributed by atoms with Crippen LogP contribution in [0.25, 0.3) is 0 Å². The van der Waals surface area contributed by atoms with Gasteiger partial charge in [-0.15, -0.1) is 0 Å². The molecule has 6 heteroatoms. The lowest BCUT2D eigenvalue weighted by Crippen LogP contribution is -2.49. The molecule has 0 amide bonds. The second-order valence-corrected chi connectivity index (χ2v) is 7.14. The Morgan fingerprint density at radius 2 is 2.00 bits per heavy atom. The maximum Gasteiger partial charge on any atom is 0.169 e. The third kappa shape index (κ3) is 4.99. The third-order valence-corrected chi connectivity index (χ3v) is 5.27. The van der Waals surface area contributed by atoms with Crippen molar-refractivity contribution in [2.75, 3.05) is 27.2 Å². The Morgan fingerprint density at radius 3 is 2.62 bits per heavy atom. The zero-order chi connectivity index (χ0) is 18.4. The molecule has 0 saturated carbocycles. The molecule has 1 aliphatic heterocycles. The van der Waals surface area contributed by atoms with E-state index in [4.69, 9.17) is 21.4 Å². The van der Waals surface area contributed by atoms with Crippen LogP contribution in [0.5, 0.6) is 5.75 Å². The maximum absolute atomic E-state index is 5.74. The van der Waals surface area contributed by atoms with Crippen LogP contribution in [0, 0.1) is 0 Å².